The van der Waals surface area contributed by atoms with Crippen molar-refractivity contribution in [2.24, 2.45) is 5.92 Å². The molecule has 0 bridgehead atoms. The lowest BCUT2D eigenvalue weighted by molar-refractivity contribution is 0.0667. The number of nitrogens with one attached hydrogen (secondary N) is 1. The maximum atomic E-state index is 12.8. The average molecular weight is 295 g/mol. The van der Waals surface area contributed by atoms with Crippen LogP contribution in [0.4, 0.5) is 0 Å². The van der Waals surface area contributed by atoms with Crippen molar-refractivity contribution in [2.45, 2.75) is 33.2 Å². The van der Waals surface area contributed by atoms with Crippen molar-refractivity contribution in [2.75, 3.05) is 19.6 Å². The molecule has 1 N–H and O–H groups in total. The van der Waals surface area contributed by atoms with Gasteiger partial charge in [0.2, 0.25) is 0 Å². The van der Waals surface area contributed by atoms with Crippen molar-refractivity contribution in [1.29, 1.82) is 0 Å². The molecule has 0 spiro atoms. The van der Waals surface area contributed by atoms with E-state index in [4.69, 9.17) is 11.6 Å². The molecule has 1 heterocycles. The van der Waals surface area contributed by atoms with Gasteiger partial charge in [0.25, 0.3) is 5.91 Å². The van der Waals surface area contributed by atoms with E-state index in [0.29, 0.717) is 22.5 Å². The maximum Gasteiger partial charge on any atom is 0.254 e. The molecule has 1 aromatic rings. The largest absolute Gasteiger partial charge is 0.334 e. The lowest BCUT2D eigenvalue weighted by atomic mass is 10.1. The minimum atomic E-state index is 0.0919. The molecule has 1 aromatic carbocycles. The van der Waals surface area contributed by atoms with E-state index in [0.717, 1.165) is 31.6 Å². The standard InChI is InChI=1S/C16H23ClN2O/c1-11(2)10-19(14-6-7-18-9-14)16(20)13-5-4-12(3)15(17)8-13/h4-5,8,11,14,18H,6-7,9-10H2,1-3H3. The highest BCUT2D eigenvalue weighted by Gasteiger charge is 2.27. The van der Waals surface area contributed by atoms with Crippen LogP contribution in [0.3, 0.4) is 0 Å². The zero-order valence-corrected chi connectivity index (χ0v) is 13.2. The van der Waals surface area contributed by atoms with Crippen molar-refractivity contribution < 1.29 is 4.79 Å². The summed E-state index contributed by atoms with van der Waals surface area (Å²) in [5.41, 5.74) is 1.69. The molecule has 20 heavy (non-hydrogen) atoms. The number of nitrogens with zero attached hydrogens (tertiary/aromatic N) is 1. The zero-order chi connectivity index (χ0) is 14.7. The summed E-state index contributed by atoms with van der Waals surface area (Å²) < 4.78 is 0. The van der Waals surface area contributed by atoms with Crippen LogP contribution in [0.5, 0.6) is 0 Å². The molecule has 0 aromatic heterocycles. The van der Waals surface area contributed by atoms with Gasteiger partial charge >= 0.3 is 0 Å². The number of rotatable bonds is 4. The Labute approximate surface area is 126 Å². The van der Waals surface area contributed by atoms with Gasteiger partial charge in [0.1, 0.15) is 0 Å². The van der Waals surface area contributed by atoms with Gasteiger partial charge in [-0.3, -0.25) is 4.79 Å². The van der Waals surface area contributed by atoms with Crippen molar-refractivity contribution in [3.63, 3.8) is 0 Å². The molecule has 1 saturated heterocycles. The molecule has 3 nitrogen and oxygen atoms in total. The summed E-state index contributed by atoms with van der Waals surface area (Å²) in [5, 5.41) is 3.99. The smallest absolute Gasteiger partial charge is 0.254 e. The number of amides is 1. The first-order valence-corrected chi connectivity index (χ1v) is 7.64. The van der Waals surface area contributed by atoms with Crippen LogP contribution >= 0.6 is 11.6 Å². The van der Waals surface area contributed by atoms with Gasteiger partial charge in [0.15, 0.2) is 0 Å². The van der Waals surface area contributed by atoms with Crippen LogP contribution in [0, 0.1) is 12.8 Å². The van der Waals surface area contributed by atoms with E-state index in [-0.39, 0.29) is 5.91 Å². The van der Waals surface area contributed by atoms with Gasteiger partial charge in [-0.25, -0.2) is 0 Å². The number of hydrogen-bond acceptors (Lipinski definition) is 2. The quantitative estimate of drug-likeness (QED) is 0.925. The first-order chi connectivity index (χ1) is 9.49. The van der Waals surface area contributed by atoms with Crippen LogP contribution < -0.4 is 5.32 Å². The highest BCUT2D eigenvalue weighted by atomic mass is 35.5. The van der Waals surface area contributed by atoms with Crippen molar-refractivity contribution in [3.05, 3.63) is 34.3 Å². The number of hydrogen-bond donors (Lipinski definition) is 1. The second kappa shape index (κ2) is 6.59. The lowest BCUT2D eigenvalue weighted by Gasteiger charge is -2.30. The van der Waals surface area contributed by atoms with E-state index in [1.165, 1.54) is 0 Å². The topological polar surface area (TPSA) is 32.3 Å². The minimum Gasteiger partial charge on any atom is -0.334 e. The van der Waals surface area contributed by atoms with E-state index < -0.39 is 0 Å². The summed E-state index contributed by atoms with van der Waals surface area (Å²) in [6.45, 7) is 8.90. The number of halogens is 1. The van der Waals surface area contributed by atoms with Gasteiger partial charge in [0, 0.05) is 29.7 Å². The summed E-state index contributed by atoms with van der Waals surface area (Å²) >= 11 is 6.14. The summed E-state index contributed by atoms with van der Waals surface area (Å²) in [6, 6.07) is 5.87. The van der Waals surface area contributed by atoms with Crippen LogP contribution in [0.15, 0.2) is 18.2 Å². The van der Waals surface area contributed by atoms with Crippen molar-refractivity contribution in [3.8, 4) is 0 Å². The Kier molecular flexibility index (Phi) is 5.06. The van der Waals surface area contributed by atoms with Crippen molar-refractivity contribution >= 4 is 17.5 Å². The first kappa shape index (κ1) is 15.3. The molecule has 1 aliphatic heterocycles. The third kappa shape index (κ3) is 3.53. The molecule has 1 amide bonds. The minimum absolute atomic E-state index is 0.0919. The van der Waals surface area contributed by atoms with Gasteiger partial charge in [-0.2, -0.15) is 0 Å². The molecular weight excluding hydrogens is 272 g/mol. The Morgan fingerprint density at radius 1 is 1.50 bits per heavy atom. The summed E-state index contributed by atoms with van der Waals surface area (Å²) in [4.78, 5) is 14.8. The van der Waals surface area contributed by atoms with Gasteiger partial charge in [-0.05, 0) is 43.5 Å². The SMILES string of the molecule is Cc1ccc(C(=O)N(CC(C)C)C2CCNC2)cc1Cl. The molecule has 2 rings (SSSR count). The Hall–Kier alpha value is -1.06. The summed E-state index contributed by atoms with van der Waals surface area (Å²) in [6.07, 6.45) is 1.03. The zero-order valence-electron chi connectivity index (χ0n) is 12.4. The van der Waals surface area contributed by atoms with Crippen LogP contribution in [0.25, 0.3) is 0 Å². The van der Waals surface area contributed by atoms with Gasteiger partial charge in [0.05, 0.1) is 0 Å². The van der Waals surface area contributed by atoms with E-state index >= 15 is 0 Å². The predicted octanol–water partition coefficient (Wildman–Crippen LogP) is 3.11. The van der Waals surface area contributed by atoms with Gasteiger partial charge in [-0.1, -0.05) is 31.5 Å². The molecule has 1 fully saturated rings. The van der Waals surface area contributed by atoms with Gasteiger partial charge < -0.3 is 10.2 Å². The Balaban J connectivity index is 2.22. The molecule has 110 valence electrons. The maximum absolute atomic E-state index is 12.8. The van der Waals surface area contributed by atoms with Crippen LogP contribution in [-0.2, 0) is 0 Å². The fourth-order valence-electron chi connectivity index (χ4n) is 2.59. The highest BCUT2D eigenvalue weighted by Crippen LogP contribution is 2.20. The third-order valence-electron chi connectivity index (χ3n) is 3.72. The Morgan fingerprint density at radius 3 is 2.80 bits per heavy atom. The highest BCUT2D eigenvalue weighted by molar-refractivity contribution is 6.31. The number of benzene rings is 1. The third-order valence-corrected chi connectivity index (χ3v) is 4.12. The van der Waals surface area contributed by atoms with E-state index in [1.807, 2.05) is 24.0 Å². The summed E-state index contributed by atoms with van der Waals surface area (Å²) in [7, 11) is 0. The van der Waals surface area contributed by atoms with E-state index in [1.54, 1.807) is 6.07 Å². The van der Waals surface area contributed by atoms with E-state index in [2.05, 4.69) is 19.2 Å². The van der Waals surface area contributed by atoms with Crippen LogP contribution in [-0.4, -0.2) is 36.5 Å². The molecule has 0 aliphatic carbocycles. The molecule has 4 heteroatoms. The molecule has 1 atom stereocenters. The molecule has 0 radical (unpaired) electrons. The second-order valence-corrected chi connectivity index (χ2v) is 6.37. The summed E-state index contributed by atoms with van der Waals surface area (Å²) in [5.74, 6) is 0.551. The average Bonchev–Trinajstić information content (AvgIpc) is 2.92. The molecule has 1 aliphatic rings. The van der Waals surface area contributed by atoms with Crippen LogP contribution in [0.1, 0.15) is 36.2 Å². The number of aryl methyl sites for hydroxylation is 1. The first-order valence-electron chi connectivity index (χ1n) is 7.27. The van der Waals surface area contributed by atoms with E-state index in [9.17, 15) is 4.79 Å². The fraction of sp³-hybridized carbons (Fsp3) is 0.562. The second-order valence-electron chi connectivity index (χ2n) is 5.96. The molecule has 0 saturated carbocycles. The number of carbonyl (C=O) groups excluding carboxylic acids is 1. The fourth-order valence-corrected chi connectivity index (χ4v) is 2.77. The van der Waals surface area contributed by atoms with Gasteiger partial charge in [-0.15, -0.1) is 0 Å². The monoisotopic (exact) mass is 294 g/mol. The molecule has 1 unspecified atom stereocenters. The Morgan fingerprint density at radius 2 is 2.25 bits per heavy atom. The number of carbonyl (C=O) groups is 1. The van der Waals surface area contributed by atoms with Crippen LogP contribution in [0.2, 0.25) is 5.02 Å². The molecular formula is C16H23ClN2O. The normalized spacial score (nSPS) is 18.6. The van der Waals surface area contributed by atoms with Crippen molar-refractivity contribution in [1.82, 2.24) is 10.2 Å². The Bertz CT molecular complexity index is 481. The lowest BCUT2D eigenvalue weighted by Crippen LogP contribution is -2.43. The predicted molar refractivity (Wildman–Crippen MR) is 83.3 cm³/mol.